The van der Waals surface area contributed by atoms with Gasteiger partial charge < -0.3 is 10.1 Å². The van der Waals surface area contributed by atoms with Crippen LogP contribution in [0.15, 0.2) is 30.5 Å². The van der Waals surface area contributed by atoms with Crippen LogP contribution in [0.5, 0.6) is 5.75 Å². The van der Waals surface area contributed by atoms with Crippen LogP contribution in [0.3, 0.4) is 0 Å². The fourth-order valence-corrected chi connectivity index (χ4v) is 2.65. The van der Waals surface area contributed by atoms with Gasteiger partial charge in [-0.25, -0.2) is 4.98 Å². The highest BCUT2D eigenvalue weighted by Crippen LogP contribution is 2.24. The smallest absolute Gasteiger partial charge is 0.228 e. The summed E-state index contributed by atoms with van der Waals surface area (Å²) in [6, 6.07) is 7.73. The first-order valence-electron chi connectivity index (χ1n) is 8.14. The largest absolute Gasteiger partial charge is 0.497 e. The van der Waals surface area contributed by atoms with E-state index < -0.39 is 0 Å². The van der Waals surface area contributed by atoms with Gasteiger partial charge in [0.25, 0.3) is 0 Å². The van der Waals surface area contributed by atoms with Crippen molar-refractivity contribution >= 4 is 17.9 Å². The monoisotopic (exact) mass is 339 g/mol. The Hall–Kier alpha value is -2.96. The first-order chi connectivity index (χ1) is 12.0. The number of aromatic nitrogens is 4. The molecule has 0 saturated carbocycles. The lowest BCUT2D eigenvalue weighted by atomic mass is 10.1. The van der Waals surface area contributed by atoms with Crippen LogP contribution in [0.1, 0.15) is 54.5 Å². The highest BCUT2D eigenvalue weighted by molar-refractivity contribution is 5.71. The van der Waals surface area contributed by atoms with Crippen molar-refractivity contribution in [3.63, 3.8) is 0 Å². The first kappa shape index (κ1) is 16.9. The average molecular weight is 339 g/mol. The molecule has 0 radical (unpaired) electrons. The molecule has 0 unspecified atom stereocenters. The summed E-state index contributed by atoms with van der Waals surface area (Å²) in [5.74, 6) is 1.65. The quantitative estimate of drug-likeness (QED) is 0.694. The predicted molar refractivity (Wildman–Crippen MR) is 95.3 cm³/mol. The van der Waals surface area contributed by atoms with Crippen LogP contribution in [0, 0.1) is 0 Å². The van der Waals surface area contributed by atoms with Crippen molar-refractivity contribution in [2.45, 2.75) is 32.7 Å². The molecule has 0 aliphatic heterocycles. The highest BCUT2D eigenvalue weighted by Gasteiger charge is 2.16. The number of nitrogens with zero attached hydrogens (tertiary/aromatic N) is 4. The zero-order valence-corrected chi connectivity index (χ0v) is 14.7. The van der Waals surface area contributed by atoms with Gasteiger partial charge in [0, 0.05) is 5.56 Å². The molecule has 0 fully saturated rings. The van der Waals surface area contributed by atoms with E-state index in [1.807, 2.05) is 31.2 Å². The van der Waals surface area contributed by atoms with Crippen LogP contribution in [0.25, 0.3) is 5.65 Å². The maximum Gasteiger partial charge on any atom is 0.228 e. The molecule has 1 N–H and O–H groups in total. The predicted octanol–water partition coefficient (Wildman–Crippen LogP) is 3.24. The third-order valence-corrected chi connectivity index (χ3v) is 4.08. The summed E-state index contributed by atoms with van der Waals surface area (Å²) in [5, 5.41) is 7.70. The number of carbonyl (C=O) groups excluding carboxylic acids is 1. The van der Waals surface area contributed by atoms with Crippen LogP contribution in [0.4, 0.5) is 5.95 Å². The minimum Gasteiger partial charge on any atom is -0.497 e. The molecule has 0 aliphatic carbocycles. The fourth-order valence-electron chi connectivity index (χ4n) is 2.65. The zero-order valence-electron chi connectivity index (χ0n) is 14.7. The Morgan fingerprint density at radius 1 is 1.24 bits per heavy atom. The lowest BCUT2D eigenvalue weighted by molar-refractivity contribution is 0.111. The van der Waals surface area contributed by atoms with E-state index in [1.165, 1.54) is 0 Å². The molecule has 0 saturated heterocycles. The fraction of sp³-hybridized carbons (Fsp3) is 0.333. The molecule has 25 heavy (non-hydrogen) atoms. The topological polar surface area (TPSA) is 81.4 Å². The van der Waals surface area contributed by atoms with Crippen molar-refractivity contribution in [1.82, 2.24) is 19.6 Å². The maximum absolute atomic E-state index is 11.2. The summed E-state index contributed by atoms with van der Waals surface area (Å²) in [4.78, 5) is 19.8. The SMILES string of the molecule is COc1cccc([C@H](C)Nc2nc(C=O)nc3c(C(C)C)cnn23)c1. The van der Waals surface area contributed by atoms with Crippen LogP contribution < -0.4 is 10.1 Å². The van der Waals surface area contributed by atoms with E-state index in [-0.39, 0.29) is 17.8 Å². The number of aldehydes is 1. The second kappa shape index (κ2) is 6.88. The van der Waals surface area contributed by atoms with E-state index in [2.05, 4.69) is 34.2 Å². The second-order valence-electron chi connectivity index (χ2n) is 6.16. The Balaban J connectivity index is 2.01. The molecule has 0 bridgehead atoms. The number of fused-ring (bicyclic) bond motifs is 1. The molecule has 7 heteroatoms. The van der Waals surface area contributed by atoms with Crippen molar-refractivity contribution < 1.29 is 9.53 Å². The summed E-state index contributed by atoms with van der Waals surface area (Å²) in [5.41, 5.74) is 2.66. The number of hydrogen-bond donors (Lipinski definition) is 1. The summed E-state index contributed by atoms with van der Waals surface area (Å²) in [7, 11) is 1.64. The zero-order chi connectivity index (χ0) is 18.0. The van der Waals surface area contributed by atoms with Crippen molar-refractivity contribution in [3.8, 4) is 5.75 Å². The van der Waals surface area contributed by atoms with E-state index in [0.717, 1.165) is 16.9 Å². The molecule has 3 rings (SSSR count). The Bertz CT molecular complexity index is 904. The Morgan fingerprint density at radius 3 is 2.72 bits per heavy atom. The van der Waals surface area contributed by atoms with Crippen molar-refractivity contribution in [2.75, 3.05) is 12.4 Å². The third kappa shape index (κ3) is 3.31. The van der Waals surface area contributed by atoms with E-state index in [9.17, 15) is 4.79 Å². The minimum absolute atomic E-state index is 0.0561. The van der Waals surface area contributed by atoms with Gasteiger partial charge in [-0.2, -0.15) is 14.6 Å². The number of benzene rings is 1. The number of nitrogens with one attached hydrogen (secondary N) is 1. The molecular formula is C18H21N5O2. The van der Waals surface area contributed by atoms with E-state index in [1.54, 1.807) is 17.8 Å². The lowest BCUT2D eigenvalue weighted by Crippen LogP contribution is -2.14. The van der Waals surface area contributed by atoms with Gasteiger partial charge in [-0.3, -0.25) is 4.79 Å². The van der Waals surface area contributed by atoms with Crippen LogP contribution >= 0.6 is 0 Å². The first-order valence-corrected chi connectivity index (χ1v) is 8.14. The second-order valence-corrected chi connectivity index (χ2v) is 6.16. The summed E-state index contributed by atoms with van der Waals surface area (Å²) >= 11 is 0. The summed E-state index contributed by atoms with van der Waals surface area (Å²) in [6.07, 6.45) is 2.42. The van der Waals surface area contributed by atoms with Gasteiger partial charge in [0.05, 0.1) is 19.3 Å². The molecular weight excluding hydrogens is 318 g/mol. The number of hydrogen-bond acceptors (Lipinski definition) is 6. The molecule has 0 spiro atoms. The van der Waals surface area contributed by atoms with Gasteiger partial charge in [-0.15, -0.1) is 0 Å². The molecule has 0 amide bonds. The van der Waals surface area contributed by atoms with Gasteiger partial charge in [0.2, 0.25) is 5.95 Å². The van der Waals surface area contributed by atoms with Gasteiger partial charge >= 0.3 is 0 Å². The van der Waals surface area contributed by atoms with Crippen LogP contribution in [-0.4, -0.2) is 33.0 Å². The lowest BCUT2D eigenvalue weighted by Gasteiger charge is -2.16. The van der Waals surface area contributed by atoms with Gasteiger partial charge in [0.15, 0.2) is 17.8 Å². The molecule has 1 atom stereocenters. The summed E-state index contributed by atoms with van der Waals surface area (Å²) in [6.45, 7) is 6.13. The maximum atomic E-state index is 11.2. The van der Waals surface area contributed by atoms with Crippen molar-refractivity contribution in [3.05, 3.63) is 47.4 Å². The standard InChI is InChI=1S/C18H21N5O2/c1-11(2)15-9-19-23-17(15)21-16(10-24)22-18(23)20-12(3)13-6-5-7-14(8-13)25-4/h5-12H,1-4H3,(H,20,21,22)/t12-/m0/s1. The van der Waals surface area contributed by atoms with Gasteiger partial charge in [-0.05, 0) is 30.5 Å². The molecule has 3 aromatic rings. The molecule has 7 nitrogen and oxygen atoms in total. The van der Waals surface area contributed by atoms with Crippen molar-refractivity contribution in [2.24, 2.45) is 0 Å². The normalized spacial score (nSPS) is 12.4. The third-order valence-electron chi connectivity index (χ3n) is 4.08. The van der Waals surface area contributed by atoms with Gasteiger partial charge in [0.1, 0.15) is 5.75 Å². The molecule has 2 heterocycles. The number of methoxy groups -OCH3 is 1. The van der Waals surface area contributed by atoms with E-state index in [4.69, 9.17) is 4.74 Å². The van der Waals surface area contributed by atoms with Crippen LogP contribution in [0.2, 0.25) is 0 Å². The highest BCUT2D eigenvalue weighted by atomic mass is 16.5. The van der Waals surface area contributed by atoms with Crippen molar-refractivity contribution in [1.29, 1.82) is 0 Å². The number of rotatable bonds is 6. The average Bonchev–Trinajstić information content (AvgIpc) is 3.06. The van der Waals surface area contributed by atoms with E-state index >= 15 is 0 Å². The van der Waals surface area contributed by atoms with Gasteiger partial charge in [-0.1, -0.05) is 26.0 Å². The summed E-state index contributed by atoms with van der Waals surface area (Å²) < 4.78 is 6.91. The molecule has 0 aliphatic rings. The number of ether oxygens (including phenoxy) is 1. The Morgan fingerprint density at radius 2 is 2.04 bits per heavy atom. The molecule has 2 aromatic heterocycles. The molecule has 1 aromatic carbocycles. The Kier molecular flexibility index (Phi) is 4.65. The Labute approximate surface area is 146 Å². The number of anilines is 1. The number of carbonyl (C=O) groups is 1. The van der Waals surface area contributed by atoms with E-state index in [0.29, 0.717) is 17.9 Å². The molecule has 130 valence electrons. The minimum atomic E-state index is -0.0561. The van der Waals surface area contributed by atoms with Crippen LogP contribution in [-0.2, 0) is 0 Å².